The summed E-state index contributed by atoms with van der Waals surface area (Å²) >= 11 is 0. The zero-order valence-electron chi connectivity index (χ0n) is 13.6. The molecule has 0 aliphatic carbocycles. The summed E-state index contributed by atoms with van der Waals surface area (Å²) in [5.41, 5.74) is 2.44. The molecule has 0 saturated carbocycles. The molecule has 1 aliphatic rings. The number of fused-ring (bicyclic) bond motifs is 1. The summed E-state index contributed by atoms with van der Waals surface area (Å²) in [6.45, 7) is 1.82. The van der Waals surface area contributed by atoms with E-state index in [0.717, 1.165) is 36.0 Å². The van der Waals surface area contributed by atoms with E-state index in [9.17, 15) is 0 Å². The van der Waals surface area contributed by atoms with Crippen molar-refractivity contribution >= 4 is 29.9 Å². The van der Waals surface area contributed by atoms with Gasteiger partial charge in [0.05, 0.1) is 0 Å². The number of guanidine groups is 1. The Balaban J connectivity index is 0.00000208. The number of hydrogen-bond donors (Lipinski definition) is 2. The van der Waals surface area contributed by atoms with Crippen molar-refractivity contribution in [2.45, 2.75) is 13.0 Å². The first kappa shape index (κ1) is 18.4. The molecule has 0 fully saturated rings. The minimum Gasteiger partial charge on any atom is -0.454 e. The van der Waals surface area contributed by atoms with Crippen LogP contribution in [0, 0.1) is 0 Å². The second-order valence-electron chi connectivity index (χ2n) is 5.28. The van der Waals surface area contributed by atoms with Crippen LogP contribution in [0.25, 0.3) is 0 Å². The third-order valence-electron chi connectivity index (χ3n) is 3.67. The average Bonchev–Trinajstić information content (AvgIpc) is 3.06. The summed E-state index contributed by atoms with van der Waals surface area (Å²) in [6.07, 6.45) is 0.964. The molecule has 5 nitrogen and oxygen atoms in total. The molecule has 2 N–H and O–H groups in total. The van der Waals surface area contributed by atoms with Crippen LogP contribution >= 0.6 is 24.0 Å². The van der Waals surface area contributed by atoms with Gasteiger partial charge < -0.3 is 20.1 Å². The third-order valence-corrected chi connectivity index (χ3v) is 3.67. The van der Waals surface area contributed by atoms with E-state index in [4.69, 9.17) is 9.47 Å². The highest BCUT2D eigenvalue weighted by atomic mass is 127. The van der Waals surface area contributed by atoms with Gasteiger partial charge in [0.25, 0.3) is 0 Å². The molecule has 0 saturated heterocycles. The highest BCUT2D eigenvalue weighted by Gasteiger charge is 2.13. The van der Waals surface area contributed by atoms with Crippen molar-refractivity contribution in [2.24, 2.45) is 4.99 Å². The van der Waals surface area contributed by atoms with Crippen LogP contribution in [0.3, 0.4) is 0 Å². The van der Waals surface area contributed by atoms with Crippen LogP contribution < -0.4 is 20.1 Å². The first-order chi connectivity index (χ1) is 11.3. The molecule has 2 aromatic carbocycles. The van der Waals surface area contributed by atoms with Crippen molar-refractivity contribution in [3.05, 3.63) is 59.7 Å². The fourth-order valence-corrected chi connectivity index (χ4v) is 2.43. The number of aliphatic imine (C=N–C) groups is 1. The zero-order chi connectivity index (χ0) is 15.9. The number of benzene rings is 2. The first-order valence-electron chi connectivity index (χ1n) is 7.72. The Hall–Kier alpha value is -1.96. The van der Waals surface area contributed by atoms with Gasteiger partial charge in [-0.3, -0.25) is 4.99 Å². The Labute approximate surface area is 159 Å². The van der Waals surface area contributed by atoms with Gasteiger partial charge in [-0.15, -0.1) is 24.0 Å². The van der Waals surface area contributed by atoms with Crippen molar-refractivity contribution in [1.82, 2.24) is 10.6 Å². The van der Waals surface area contributed by atoms with Crippen molar-refractivity contribution in [3.8, 4) is 11.5 Å². The predicted octanol–water partition coefficient (Wildman–Crippen LogP) is 2.94. The predicted molar refractivity (Wildman–Crippen MR) is 106 cm³/mol. The van der Waals surface area contributed by atoms with E-state index in [0.29, 0.717) is 13.3 Å². The van der Waals surface area contributed by atoms with E-state index in [1.807, 2.05) is 24.3 Å². The number of hydrogen-bond acceptors (Lipinski definition) is 3. The van der Waals surface area contributed by atoms with Crippen molar-refractivity contribution < 1.29 is 9.47 Å². The second kappa shape index (κ2) is 9.36. The Morgan fingerprint density at radius 3 is 2.58 bits per heavy atom. The fourth-order valence-electron chi connectivity index (χ4n) is 2.43. The van der Waals surface area contributed by atoms with Crippen LogP contribution in [0.15, 0.2) is 53.5 Å². The van der Waals surface area contributed by atoms with E-state index in [2.05, 4.69) is 39.9 Å². The van der Waals surface area contributed by atoms with Crippen LogP contribution in [0.1, 0.15) is 11.1 Å². The number of rotatable bonds is 5. The Kier molecular flexibility index (Phi) is 7.17. The lowest BCUT2D eigenvalue weighted by Crippen LogP contribution is -2.37. The highest BCUT2D eigenvalue weighted by Crippen LogP contribution is 2.32. The third kappa shape index (κ3) is 5.02. The molecular weight excluding hydrogens is 417 g/mol. The molecule has 0 atom stereocenters. The van der Waals surface area contributed by atoms with Gasteiger partial charge in [0.2, 0.25) is 6.79 Å². The number of nitrogens with one attached hydrogen (secondary N) is 2. The van der Waals surface area contributed by atoms with Crippen LogP contribution in [0.2, 0.25) is 0 Å². The summed E-state index contributed by atoms with van der Waals surface area (Å²) in [5, 5.41) is 6.63. The maximum absolute atomic E-state index is 5.39. The van der Waals surface area contributed by atoms with E-state index in [-0.39, 0.29) is 24.0 Å². The van der Waals surface area contributed by atoms with Gasteiger partial charge in [0, 0.05) is 20.1 Å². The summed E-state index contributed by atoms with van der Waals surface area (Å²) in [5.74, 6) is 2.40. The zero-order valence-corrected chi connectivity index (χ0v) is 15.9. The molecule has 0 radical (unpaired) electrons. The Morgan fingerprint density at radius 1 is 1.00 bits per heavy atom. The summed E-state index contributed by atoms with van der Waals surface area (Å²) in [7, 11) is 1.78. The lowest BCUT2D eigenvalue weighted by Gasteiger charge is -2.12. The van der Waals surface area contributed by atoms with Gasteiger partial charge in [-0.05, 0) is 29.7 Å². The summed E-state index contributed by atoms with van der Waals surface area (Å²) < 4.78 is 10.7. The second-order valence-corrected chi connectivity index (χ2v) is 5.28. The van der Waals surface area contributed by atoms with Crippen LogP contribution in [-0.2, 0) is 13.0 Å². The van der Waals surface area contributed by atoms with Crippen LogP contribution in [0.5, 0.6) is 11.5 Å². The van der Waals surface area contributed by atoms with E-state index >= 15 is 0 Å². The van der Waals surface area contributed by atoms with Crippen LogP contribution in [0.4, 0.5) is 0 Å². The molecular formula is C18H22IN3O2. The average molecular weight is 439 g/mol. The minimum absolute atomic E-state index is 0. The summed E-state index contributed by atoms with van der Waals surface area (Å²) in [4.78, 5) is 4.25. The Morgan fingerprint density at radius 2 is 1.79 bits per heavy atom. The monoisotopic (exact) mass is 439 g/mol. The van der Waals surface area contributed by atoms with Gasteiger partial charge in [0.1, 0.15) is 0 Å². The SMILES string of the molecule is CN=C(NCCc1ccccc1)NCc1ccc2c(c1)OCO2.I. The van der Waals surface area contributed by atoms with Crippen molar-refractivity contribution in [2.75, 3.05) is 20.4 Å². The molecule has 3 rings (SSSR count). The van der Waals surface area contributed by atoms with E-state index < -0.39 is 0 Å². The summed E-state index contributed by atoms with van der Waals surface area (Å²) in [6, 6.07) is 16.4. The number of halogens is 1. The first-order valence-corrected chi connectivity index (χ1v) is 7.72. The smallest absolute Gasteiger partial charge is 0.231 e. The van der Waals surface area contributed by atoms with Crippen molar-refractivity contribution in [3.63, 3.8) is 0 Å². The van der Waals surface area contributed by atoms with Gasteiger partial charge in [-0.1, -0.05) is 36.4 Å². The normalized spacial score (nSPS) is 12.5. The molecule has 0 aromatic heterocycles. The van der Waals surface area contributed by atoms with Crippen LogP contribution in [-0.4, -0.2) is 26.3 Å². The number of nitrogens with zero attached hydrogens (tertiary/aromatic N) is 1. The van der Waals surface area contributed by atoms with Gasteiger partial charge in [0.15, 0.2) is 17.5 Å². The molecule has 128 valence electrons. The molecule has 24 heavy (non-hydrogen) atoms. The quantitative estimate of drug-likeness (QED) is 0.428. The lowest BCUT2D eigenvalue weighted by atomic mass is 10.1. The molecule has 0 bridgehead atoms. The Bertz CT molecular complexity index is 677. The number of ether oxygens (including phenoxy) is 2. The van der Waals surface area contributed by atoms with E-state index in [1.165, 1.54) is 5.56 Å². The standard InChI is InChI=1S/C18H21N3O2.HI/c1-19-18(20-10-9-14-5-3-2-4-6-14)21-12-15-7-8-16-17(11-15)23-13-22-16;/h2-8,11H,9-10,12-13H2,1H3,(H2,19,20,21);1H. The van der Waals surface area contributed by atoms with E-state index in [1.54, 1.807) is 7.05 Å². The molecule has 0 spiro atoms. The maximum atomic E-state index is 5.39. The minimum atomic E-state index is 0. The largest absolute Gasteiger partial charge is 0.454 e. The molecule has 1 aliphatic heterocycles. The highest BCUT2D eigenvalue weighted by molar-refractivity contribution is 14.0. The lowest BCUT2D eigenvalue weighted by molar-refractivity contribution is 0.174. The molecule has 1 heterocycles. The van der Waals surface area contributed by atoms with Gasteiger partial charge in [-0.2, -0.15) is 0 Å². The maximum Gasteiger partial charge on any atom is 0.231 e. The fraction of sp³-hybridized carbons (Fsp3) is 0.278. The molecule has 2 aromatic rings. The van der Waals surface area contributed by atoms with Gasteiger partial charge >= 0.3 is 0 Å². The molecule has 0 amide bonds. The molecule has 6 heteroatoms. The van der Waals surface area contributed by atoms with Crippen molar-refractivity contribution in [1.29, 1.82) is 0 Å². The molecule has 0 unspecified atom stereocenters. The topological polar surface area (TPSA) is 54.9 Å². The van der Waals surface area contributed by atoms with Gasteiger partial charge in [-0.25, -0.2) is 0 Å².